The third-order valence-corrected chi connectivity index (χ3v) is 6.00. The Morgan fingerprint density at radius 2 is 1.62 bits per heavy atom. The van der Waals surface area contributed by atoms with Crippen molar-refractivity contribution in [3.8, 4) is 0 Å². The second-order valence-electron chi connectivity index (χ2n) is 8.23. The van der Waals surface area contributed by atoms with E-state index in [1.165, 1.54) is 32.1 Å². The predicted molar refractivity (Wildman–Crippen MR) is 109 cm³/mol. The van der Waals surface area contributed by atoms with Gasteiger partial charge >= 0.3 is 0 Å². The van der Waals surface area contributed by atoms with E-state index in [1.54, 1.807) is 0 Å². The predicted octanol–water partition coefficient (Wildman–Crippen LogP) is 4.58. The van der Waals surface area contributed by atoms with Crippen LogP contribution in [0.25, 0.3) is 0 Å². The first-order chi connectivity index (χ1) is 13.9. The number of amides is 2. The molecule has 5 nitrogen and oxygen atoms in total. The average Bonchev–Trinajstić information content (AvgIpc) is 2.69. The number of halogens is 2. The van der Waals surface area contributed by atoms with Crippen LogP contribution in [0.3, 0.4) is 0 Å². The molecule has 160 valence electrons. The molecule has 1 fully saturated rings. The van der Waals surface area contributed by atoms with Crippen molar-refractivity contribution in [3.63, 3.8) is 0 Å². The van der Waals surface area contributed by atoms with Crippen molar-refractivity contribution < 1.29 is 18.4 Å². The minimum atomic E-state index is -1.04. The fourth-order valence-corrected chi connectivity index (χ4v) is 4.19. The van der Waals surface area contributed by atoms with Crippen LogP contribution in [0.1, 0.15) is 81.5 Å². The molecule has 0 aliphatic carbocycles. The van der Waals surface area contributed by atoms with Gasteiger partial charge in [0.25, 0.3) is 5.91 Å². The Kier molecular flexibility index (Phi) is 7.09. The van der Waals surface area contributed by atoms with Crippen LogP contribution in [0.4, 0.5) is 14.5 Å². The van der Waals surface area contributed by atoms with Gasteiger partial charge in [-0.3, -0.25) is 9.59 Å². The molecule has 0 atom stereocenters. The molecule has 0 bridgehead atoms. The number of likely N-dealkylation sites (tertiary alicyclic amines) is 1. The molecule has 1 saturated heterocycles. The smallest absolute Gasteiger partial charge is 0.255 e. The number of nitrogens with zero attached hydrogens (tertiary/aromatic N) is 1. The maximum atomic E-state index is 13.6. The van der Waals surface area contributed by atoms with E-state index < -0.39 is 23.2 Å². The Morgan fingerprint density at radius 1 is 1.00 bits per heavy atom. The number of carbonyl (C=O) groups excluding carboxylic acids is 2. The van der Waals surface area contributed by atoms with Gasteiger partial charge in [-0.25, -0.2) is 8.78 Å². The van der Waals surface area contributed by atoms with Gasteiger partial charge in [-0.15, -0.1) is 0 Å². The van der Waals surface area contributed by atoms with E-state index in [0.29, 0.717) is 38.0 Å². The second kappa shape index (κ2) is 9.55. The summed E-state index contributed by atoms with van der Waals surface area (Å²) >= 11 is 0. The summed E-state index contributed by atoms with van der Waals surface area (Å²) in [7, 11) is 0. The highest BCUT2D eigenvalue weighted by Crippen LogP contribution is 2.32. The zero-order chi connectivity index (χ0) is 20.9. The summed E-state index contributed by atoms with van der Waals surface area (Å²) in [6, 6.07) is 1.95. The number of rotatable bonds is 8. The van der Waals surface area contributed by atoms with Crippen LogP contribution < -0.4 is 10.6 Å². The molecule has 1 spiro atoms. The fourth-order valence-electron chi connectivity index (χ4n) is 4.19. The van der Waals surface area contributed by atoms with Crippen LogP contribution in [0.15, 0.2) is 12.1 Å². The molecule has 7 heteroatoms. The molecule has 2 heterocycles. The number of benzene rings is 1. The van der Waals surface area contributed by atoms with Crippen LogP contribution in [0, 0.1) is 11.6 Å². The third kappa shape index (κ3) is 5.25. The molecule has 0 radical (unpaired) electrons. The normalized spacial score (nSPS) is 17.6. The Morgan fingerprint density at radius 3 is 2.31 bits per heavy atom. The van der Waals surface area contributed by atoms with E-state index in [2.05, 4.69) is 17.6 Å². The van der Waals surface area contributed by atoms with Crippen molar-refractivity contribution in [2.24, 2.45) is 0 Å². The molecule has 2 aliphatic heterocycles. The van der Waals surface area contributed by atoms with Crippen molar-refractivity contribution in [1.82, 2.24) is 10.2 Å². The topological polar surface area (TPSA) is 61.4 Å². The molecule has 2 N–H and O–H groups in total. The Hall–Kier alpha value is -2.18. The highest BCUT2D eigenvalue weighted by atomic mass is 19.2. The molecule has 3 rings (SSSR count). The van der Waals surface area contributed by atoms with Gasteiger partial charge in [-0.2, -0.15) is 0 Å². The average molecular weight is 408 g/mol. The van der Waals surface area contributed by atoms with Crippen molar-refractivity contribution in [2.45, 2.75) is 76.8 Å². The lowest BCUT2D eigenvalue weighted by Crippen LogP contribution is -2.62. The molecule has 1 aromatic rings. The summed E-state index contributed by atoms with van der Waals surface area (Å²) in [6.45, 7) is 3.26. The molecule has 2 amide bonds. The van der Waals surface area contributed by atoms with Gasteiger partial charge in [0.2, 0.25) is 5.91 Å². The van der Waals surface area contributed by atoms with Crippen LogP contribution >= 0.6 is 0 Å². The molecular weight excluding hydrogens is 376 g/mol. The van der Waals surface area contributed by atoms with Crippen LogP contribution in [0.5, 0.6) is 0 Å². The standard InChI is InChI=1S/C22H31F2N3O2/c1-2-3-4-5-6-7-8-9-20(28)27-12-10-22(11-13-27)25-19-15-18(24)17(23)14-16(19)21(29)26-22/h14-15,25H,2-13H2,1H3,(H,26,29). The summed E-state index contributed by atoms with van der Waals surface area (Å²) in [4.78, 5) is 26.7. The molecule has 0 saturated carbocycles. The lowest BCUT2D eigenvalue weighted by atomic mass is 9.92. The first-order valence-electron chi connectivity index (χ1n) is 10.8. The maximum Gasteiger partial charge on any atom is 0.255 e. The summed E-state index contributed by atoms with van der Waals surface area (Å²) in [6.07, 6.45) is 9.84. The number of piperidine rings is 1. The Bertz CT molecular complexity index is 746. The van der Waals surface area contributed by atoms with Gasteiger partial charge in [0.05, 0.1) is 11.3 Å². The minimum absolute atomic E-state index is 0.104. The molecule has 2 aliphatic rings. The molecular formula is C22H31F2N3O2. The first-order valence-corrected chi connectivity index (χ1v) is 10.8. The number of carbonyl (C=O) groups is 2. The Balaban J connectivity index is 1.47. The first kappa shape index (κ1) is 21.5. The van der Waals surface area contributed by atoms with Gasteiger partial charge in [0.1, 0.15) is 5.66 Å². The lowest BCUT2D eigenvalue weighted by Gasteiger charge is -2.46. The lowest BCUT2D eigenvalue weighted by molar-refractivity contribution is -0.132. The number of unbranched alkanes of at least 4 members (excludes halogenated alkanes) is 6. The van der Waals surface area contributed by atoms with E-state index in [0.717, 1.165) is 25.0 Å². The van der Waals surface area contributed by atoms with Gasteiger partial charge < -0.3 is 15.5 Å². The van der Waals surface area contributed by atoms with Gasteiger partial charge in [-0.1, -0.05) is 45.4 Å². The highest BCUT2D eigenvalue weighted by molar-refractivity contribution is 6.02. The van der Waals surface area contributed by atoms with E-state index in [9.17, 15) is 18.4 Å². The van der Waals surface area contributed by atoms with Gasteiger partial charge in [0, 0.05) is 38.4 Å². The van der Waals surface area contributed by atoms with E-state index >= 15 is 0 Å². The van der Waals surface area contributed by atoms with Crippen LogP contribution in [-0.4, -0.2) is 35.5 Å². The van der Waals surface area contributed by atoms with Crippen LogP contribution in [-0.2, 0) is 4.79 Å². The summed E-state index contributed by atoms with van der Waals surface area (Å²) in [5.41, 5.74) is -0.313. The molecule has 0 unspecified atom stereocenters. The van der Waals surface area contributed by atoms with E-state index in [1.807, 2.05) is 4.90 Å². The van der Waals surface area contributed by atoms with Crippen molar-refractivity contribution >= 4 is 17.5 Å². The monoisotopic (exact) mass is 407 g/mol. The minimum Gasteiger partial charge on any atom is -0.362 e. The van der Waals surface area contributed by atoms with E-state index in [-0.39, 0.29) is 11.5 Å². The number of anilines is 1. The van der Waals surface area contributed by atoms with Gasteiger partial charge in [0.15, 0.2) is 11.6 Å². The van der Waals surface area contributed by atoms with Crippen LogP contribution in [0.2, 0.25) is 0 Å². The van der Waals surface area contributed by atoms with Crippen molar-refractivity contribution in [1.29, 1.82) is 0 Å². The molecule has 29 heavy (non-hydrogen) atoms. The number of nitrogens with one attached hydrogen (secondary N) is 2. The highest BCUT2D eigenvalue weighted by Gasteiger charge is 2.41. The molecule has 0 aromatic heterocycles. The van der Waals surface area contributed by atoms with Crippen molar-refractivity contribution in [2.75, 3.05) is 18.4 Å². The third-order valence-electron chi connectivity index (χ3n) is 6.00. The van der Waals surface area contributed by atoms with E-state index in [4.69, 9.17) is 0 Å². The summed E-state index contributed by atoms with van der Waals surface area (Å²) in [5, 5.41) is 6.06. The molecule has 1 aromatic carbocycles. The van der Waals surface area contributed by atoms with Crippen molar-refractivity contribution in [3.05, 3.63) is 29.3 Å². The number of hydrogen-bond acceptors (Lipinski definition) is 3. The largest absolute Gasteiger partial charge is 0.362 e. The zero-order valence-corrected chi connectivity index (χ0v) is 17.2. The number of hydrogen-bond donors (Lipinski definition) is 2. The maximum absolute atomic E-state index is 13.6. The fraction of sp³-hybridized carbons (Fsp3) is 0.636. The second-order valence-corrected chi connectivity index (χ2v) is 8.23. The van der Waals surface area contributed by atoms with Gasteiger partial charge in [-0.05, 0) is 12.5 Å². The Labute approximate surface area is 171 Å². The summed E-state index contributed by atoms with van der Waals surface area (Å²) in [5.74, 6) is -2.28. The number of fused-ring (bicyclic) bond motifs is 1. The summed E-state index contributed by atoms with van der Waals surface area (Å²) < 4.78 is 27.0. The SMILES string of the molecule is CCCCCCCCCC(=O)N1CCC2(CC1)NC(=O)c1cc(F)c(F)cc1N2. The zero-order valence-electron chi connectivity index (χ0n) is 17.2. The quantitative estimate of drug-likeness (QED) is 0.620.